The maximum absolute atomic E-state index is 5.84. The van der Waals surface area contributed by atoms with Gasteiger partial charge in [-0.15, -0.1) is 0 Å². The van der Waals surface area contributed by atoms with E-state index in [-0.39, 0.29) is 0 Å². The fourth-order valence-corrected chi connectivity index (χ4v) is 1.75. The third kappa shape index (κ3) is 2.40. The van der Waals surface area contributed by atoms with Crippen LogP contribution in [0, 0.1) is 0 Å². The van der Waals surface area contributed by atoms with Gasteiger partial charge in [0.05, 0.1) is 0 Å². The van der Waals surface area contributed by atoms with Crippen molar-refractivity contribution in [2.24, 2.45) is 5.73 Å². The molecule has 0 aromatic heterocycles. The molecule has 1 nitrogen and oxygen atoms in total. The predicted molar refractivity (Wildman–Crippen MR) is 72.8 cm³/mol. The van der Waals surface area contributed by atoms with Crippen LogP contribution < -0.4 is 5.73 Å². The smallest absolute Gasteiger partial charge is 0.104 e. The monoisotopic (exact) mass is 247 g/mol. The molecular weight excluding hydrogens is 238 g/mol. The Bertz CT molecular complexity index is 520. The number of halogens is 1. The summed E-state index contributed by atoms with van der Waals surface area (Å²) >= 11 is 10.8. The van der Waals surface area contributed by atoms with Gasteiger partial charge in [-0.05, 0) is 29.3 Å². The first kappa shape index (κ1) is 11.1. The number of hydrogen-bond donors (Lipinski definition) is 1. The molecular formula is C13H10ClNS. The quantitative estimate of drug-likeness (QED) is 0.820. The average Bonchev–Trinajstić information content (AvgIpc) is 2.30. The zero-order chi connectivity index (χ0) is 11.5. The Balaban J connectivity index is 2.44. The van der Waals surface area contributed by atoms with Gasteiger partial charge in [0.15, 0.2) is 0 Å². The number of rotatable bonds is 2. The summed E-state index contributed by atoms with van der Waals surface area (Å²) in [5.74, 6) is 0. The van der Waals surface area contributed by atoms with Gasteiger partial charge >= 0.3 is 0 Å². The van der Waals surface area contributed by atoms with Crippen LogP contribution in [-0.2, 0) is 0 Å². The first-order valence-corrected chi connectivity index (χ1v) is 5.61. The summed E-state index contributed by atoms with van der Waals surface area (Å²) < 4.78 is 0. The highest BCUT2D eigenvalue weighted by Gasteiger charge is 2.00. The van der Waals surface area contributed by atoms with E-state index < -0.39 is 0 Å². The van der Waals surface area contributed by atoms with Gasteiger partial charge in [0, 0.05) is 10.6 Å². The van der Waals surface area contributed by atoms with Gasteiger partial charge in [0.25, 0.3) is 0 Å². The highest BCUT2D eigenvalue weighted by atomic mass is 35.5. The van der Waals surface area contributed by atoms with Gasteiger partial charge in [-0.3, -0.25) is 0 Å². The van der Waals surface area contributed by atoms with Crippen LogP contribution in [-0.4, -0.2) is 4.99 Å². The van der Waals surface area contributed by atoms with Crippen molar-refractivity contribution in [3.8, 4) is 11.1 Å². The molecule has 0 radical (unpaired) electrons. The summed E-state index contributed by atoms with van der Waals surface area (Å²) in [6.45, 7) is 0. The number of hydrogen-bond acceptors (Lipinski definition) is 1. The SMILES string of the molecule is NC(=S)c1cccc(-c2ccc(Cl)cc2)c1. The summed E-state index contributed by atoms with van der Waals surface area (Å²) in [5, 5.41) is 0.731. The van der Waals surface area contributed by atoms with Gasteiger partial charge in [-0.2, -0.15) is 0 Å². The van der Waals surface area contributed by atoms with E-state index in [0.29, 0.717) is 4.99 Å². The van der Waals surface area contributed by atoms with Crippen LogP contribution in [0.2, 0.25) is 5.02 Å². The number of benzene rings is 2. The van der Waals surface area contributed by atoms with Crippen molar-refractivity contribution >= 4 is 28.8 Å². The normalized spacial score (nSPS) is 10.1. The van der Waals surface area contributed by atoms with Crippen LogP contribution in [0.4, 0.5) is 0 Å². The Hall–Kier alpha value is -1.38. The zero-order valence-electron chi connectivity index (χ0n) is 8.48. The van der Waals surface area contributed by atoms with Crippen molar-refractivity contribution in [2.75, 3.05) is 0 Å². The van der Waals surface area contributed by atoms with Gasteiger partial charge in [0.2, 0.25) is 0 Å². The molecule has 3 heteroatoms. The molecule has 0 saturated carbocycles. The molecule has 0 heterocycles. The molecule has 2 aromatic carbocycles. The predicted octanol–water partition coefficient (Wildman–Crippen LogP) is 3.64. The number of nitrogens with two attached hydrogens (primary N) is 1. The van der Waals surface area contributed by atoms with E-state index in [4.69, 9.17) is 29.6 Å². The van der Waals surface area contributed by atoms with Gasteiger partial charge in [0.1, 0.15) is 4.99 Å². The van der Waals surface area contributed by atoms with Crippen molar-refractivity contribution in [2.45, 2.75) is 0 Å². The summed E-state index contributed by atoms with van der Waals surface area (Å²) in [4.78, 5) is 0.413. The summed E-state index contributed by atoms with van der Waals surface area (Å²) in [6.07, 6.45) is 0. The first-order chi connectivity index (χ1) is 7.66. The van der Waals surface area contributed by atoms with Gasteiger partial charge < -0.3 is 5.73 Å². The third-order valence-corrected chi connectivity index (χ3v) is 2.81. The molecule has 0 saturated heterocycles. The zero-order valence-corrected chi connectivity index (χ0v) is 10.1. The second kappa shape index (κ2) is 4.64. The maximum atomic E-state index is 5.84. The highest BCUT2D eigenvalue weighted by Crippen LogP contribution is 2.22. The molecule has 80 valence electrons. The Labute approximate surface area is 105 Å². The third-order valence-electron chi connectivity index (χ3n) is 2.32. The van der Waals surface area contributed by atoms with Gasteiger partial charge in [-0.25, -0.2) is 0 Å². The van der Waals surface area contributed by atoms with Crippen LogP contribution in [0.5, 0.6) is 0 Å². The molecule has 0 aliphatic rings. The highest BCUT2D eigenvalue weighted by molar-refractivity contribution is 7.80. The summed E-state index contributed by atoms with van der Waals surface area (Å²) in [5.41, 5.74) is 8.66. The molecule has 0 unspecified atom stereocenters. The molecule has 0 bridgehead atoms. The Morgan fingerprint density at radius 1 is 1.00 bits per heavy atom. The minimum absolute atomic E-state index is 0.413. The molecule has 2 N–H and O–H groups in total. The Morgan fingerprint density at radius 2 is 1.69 bits per heavy atom. The molecule has 0 fully saturated rings. The fourth-order valence-electron chi connectivity index (χ4n) is 1.49. The largest absolute Gasteiger partial charge is 0.389 e. The second-order valence-electron chi connectivity index (χ2n) is 3.45. The van der Waals surface area contributed by atoms with Crippen LogP contribution in [0.25, 0.3) is 11.1 Å². The Kier molecular flexibility index (Phi) is 3.22. The lowest BCUT2D eigenvalue weighted by Crippen LogP contribution is -2.08. The van der Waals surface area contributed by atoms with E-state index in [9.17, 15) is 0 Å². The minimum atomic E-state index is 0.413. The summed E-state index contributed by atoms with van der Waals surface area (Å²) in [7, 11) is 0. The van der Waals surface area contributed by atoms with Crippen LogP contribution >= 0.6 is 23.8 Å². The maximum Gasteiger partial charge on any atom is 0.104 e. The standard InChI is InChI=1S/C13H10ClNS/c14-12-6-4-9(5-7-12)10-2-1-3-11(8-10)13(15)16/h1-8H,(H2,15,16). The van der Waals surface area contributed by atoms with Crippen LogP contribution in [0.1, 0.15) is 5.56 Å². The van der Waals surface area contributed by atoms with E-state index in [1.54, 1.807) is 0 Å². The molecule has 0 amide bonds. The van der Waals surface area contributed by atoms with Crippen LogP contribution in [0.3, 0.4) is 0 Å². The van der Waals surface area contributed by atoms with Crippen LogP contribution in [0.15, 0.2) is 48.5 Å². The van der Waals surface area contributed by atoms with Crippen molar-refractivity contribution in [3.05, 3.63) is 59.1 Å². The van der Waals surface area contributed by atoms with E-state index >= 15 is 0 Å². The number of thiocarbonyl (C=S) groups is 1. The molecule has 16 heavy (non-hydrogen) atoms. The Morgan fingerprint density at radius 3 is 2.31 bits per heavy atom. The molecule has 2 aromatic rings. The van der Waals surface area contributed by atoms with E-state index in [1.165, 1.54) is 0 Å². The molecule has 0 aliphatic heterocycles. The fraction of sp³-hybridized carbons (Fsp3) is 0. The molecule has 0 aliphatic carbocycles. The van der Waals surface area contributed by atoms with E-state index in [0.717, 1.165) is 21.7 Å². The second-order valence-corrected chi connectivity index (χ2v) is 4.33. The van der Waals surface area contributed by atoms with E-state index in [2.05, 4.69) is 0 Å². The molecule has 0 spiro atoms. The lowest BCUT2D eigenvalue weighted by molar-refractivity contribution is 1.58. The minimum Gasteiger partial charge on any atom is -0.389 e. The lowest BCUT2D eigenvalue weighted by Gasteiger charge is -2.04. The molecule has 0 atom stereocenters. The topological polar surface area (TPSA) is 26.0 Å². The summed E-state index contributed by atoms with van der Waals surface area (Å²) in [6, 6.07) is 15.5. The molecule has 2 rings (SSSR count). The average molecular weight is 248 g/mol. The lowest BCUT2D eigenvalue weighted by atomic mass is 10.0. The van der Waals surface area contributed by atoms with Crippen molar-refractivity contribution in [3.63, 3.8) is 0 Å². The van der Waals surface area contributed by atoms with E-state index in [1.807, 2.05) is 48.5 Å². The van der Waals surface area contributed by atoms with Crippen molar-refractivity contribution < 1.29 is 0 Å². The van der Waals surface area contributed by atoms with Gasteiger partial charge in [-0.1, -0.05) is 54.2 Å². The van der Waals surface area contributed by atoms with Crippen molar-refractivity contribution in [1.82, 2.24) is 0 Å². The van der Waals surface area contributed by atoms with Crippen molar-refractivity contribution in [1.29, 1.82) is 0 Å². The first-order valence-electron chi connectivity index (χ1n) is 4.82.